The lowest BCUT2D eigenvalue weighted by molar-refractivity contribution is -0.110. The number of hydrogen-bond acceptors (Lipinski definition) is 8. The second-order valence-corrected chi connectivity index (χ2v) is 12.6. The normalized spacial score (nSPS) is 17.0. The maximum absolute atomic E-state index is 14.1. The van der Waals surface area contributed by atoms with E-state index in [1.165, 1.54) is 6.07 Å². The summed E-state index contributed by atoms with van der Waals surface area (Å²) in [6, 6.07) is 7.85. The van der Waals surface area contributed by atoms with Gasteiger partial charge >= 0.3 is 0 Å². The van der Waals surface area contributed by atoms with E-state index in [0.29, 0.717) is 30.0 Å². The molecule has 2 aromatic rings. The van der Waals surface area contributed by atoms with E-state index in [2.05, 4.69) is 4.99 Å². The SMILES string of the molecule is CC1CCCN1N(CC=O)S(=O)(=O)c1c(S(=O)(=O)CCCCN=C(N)N)cc2ccccc2c1CO. The summed E-state index contributed by atoms with van der Waals surface area (Å²) in [6.45, 7) is 1.32. The third kappa shape index (κ3) is 5.86. The number of unbranched alkanes of at least 4 members (excludes halogenated alkanes) is 1. The van der Waals surface area contributed by atoms with Crippen molar-refractivity contribution in [2.24, 2.45) is 16.5 Å². The highest BCUT2D eigenvalue weighted by Crippen LogP contribution is 2.36. The van der Waals surface area contributed by atoms with Crippen molar-refractivity contribution >= 4 is 42.9 Å². The van der Waals surface area contributed by atoms with Crippen molar-refractivity contribution in [3.05, 3.63) is 35.9 Å². The summed E-state index contributed by atoms with van der Waals surface area (Å²) in [5.74, 6) is -0.438. The molecule has 2 aromatic carbocycles. The summed E-state index contributed by atoms with van der Waals surface area (Å²) >= 11 is 0. The van der Waals surface area contributed by atoms with Crippen LogP contribution in [0.3, 0.4) is 0 Å². The molecule has 5 N–H and O–H groups in total. The van der Waals surface area contributed by atoms with Crippen LogP contribution < -0.4 is 11.5 Å². The molecule has 0 aromatic heterocycles. The summed E-state index contributed by atoms with van der Waals surface area (Å²) < 4.78 is 56.2. The van der Waals surface area contributed by atoms with Crippen molar-refractivity contribution < 1.29 is 26.7 Å². The van der Waals surface area contributed by atoms with Gasteiger partial charge in [0, 0.05) is 24.7 Å². The molecule has 1 fully saturated rings. The van der Waals surface area contributed by atoms with Gasteiger partial charge < -0.3 is 21.4 Å². The fourth-order valence-corrected chi connectivity index (χ4v) is 8.53. The third-order valence-electron chi connectivity index (χ3n) is 6.25. The number of carbonyl (C=O) groups is 1. The molecule has 1 aliphatic rings. The van der Waals surface area contributed by atoms with E-state index in [0.717, 1.165) is 17.3 Å². The first-order valence-corrected chi connectivity index (χ1v) is 14.8. The van der Waals surface area contributed by atoms with Crippen molar-refractivity contribution in [1.29, 1.82) is 0 Å². The maximum atomic E-state index is 14.1. The van der Waals surface area contributed by atoms with Crippen LogP contribution in [0.4, 0.5) is 0 Å². The Labute approximate surface area is 211 Å². The number of benzene rings is 2. The number of sulfonamides is 1. The minimum absolute atomic E-state index is 0.0186. The number of nitrogens with zero attached hydrogens (tertiary/aromatic N) is 3. The van der Waals surface area contributed by atoms with Gasteiger partial charge in [0.15, 0.2) is 15.8 Å². The second-order valence-electron chi connectivity index (χ2n) is 8.72. The highest BCUT2D eigenvalue weighted by atomic mass is 32.2. The van der Waals surface area contributed by atoms with Gasteiger partial charge in [0.1, 0.15) is 11.2 Å². The van der Waals surface area contributed by atoms with Gasteiger partial charge in [-0.15, -0.1) is 4.41 Å². The molecule has 1 unspecified atom stereocenters. The number of sulfone groups is 1. The minimum atomic E-state index is -4.54. The number of guanidine groups is 1. The number of nitrogens with two attached hydrogens (primary N) is 2. The fraction of sp³-hybridized carbons (Fsp3) is 0.478. The van der Waals surface area contributed by atoms with Gasteiger partial charge in [-0.25, -0.2) is 21.8 Å². The van der Waals surface area contributed by atoms with Crippen LogP contribution in [0, 0.1) is 0 Å². The van der Waals surface area contributed by atoms with Gasteiger partial charge in [-0.3, -0.25) is 4.99 Å². The van der Waals surface area contributed by atoms with Crippen LogP contribution in [-0.2, 0) is 31.3 Å². The first kappa shape index (κ1) is 28.0. The Morgan fingerprint density at radius 1 is 1.22 bits per heavy atom. The smallest absolute Gasteiger partial charge is 0.258 e. The van der Waals surface area contributed by atoms with Crippen LogP contribution in [-0.4, -0.2) is 75.0 Å². The molecule has 1 saturated heterocycles. The lowest BCUT2D eigenvalue weighted by Crippen LogP contribution is -2.49. The van der Waals surface area contributed by atoms with Crippen molar-refractivity contribution in [3.8, 4) is 0 Å². The predicted molar refractivity (Wildman–Crippen MR) is 137 cm³/mol. The zero-order valence-electron chi connectivity index (χ0n) is 20.2. The molecule has 0 radical (unpaired) electrons. The molecule has 0 aliphatic carbocycles. The molecule has 11 nitrogen and oxygen atoms in total. The van der Waals surface area contributed by atoms with Crippen LogP contribution in [0.5, 0.6) is 0 Å². The predicted octanol–water partition coefficient (Wildman–Crippen LogP) is 0.748. The summed E-state index contributed by atoms with van der Waals surface area (Å²) in [6.07, 6.45) is 2.51. The van der Waals surface area contributed by atoms with E-state index in [-0.39, 0.29) is 36.3 Å². The van der Waals surface area contributed by atoms with E-state index in [1.54, 1.807) is 29.3 Å². The van der Waals surface area contributed by atoms with Crippen LogP contribution in [0.15, 0.2) is 45.1 Å². The highest BCUT2D eigenvalue weighted by Gasteiger charge is 2.40. The number of hydrazine groups is 1. The summed E-state index contributed by atoms with van der Waals surface area (Å²) in [7, 11) is -8.66. The zero-order chi connectivity index (χ0) is 26.5. The number of aliphatic imine (C=N–C) groups is 1. The van der Waals surface area contributed by atoms with E-state index < -0.39 is 42.8 Å². The zero-order valence-corrected chi connectivity index (χ0v) is 21.8. The molecule has 0 spiro atoms. The van der Waals surface area contributed by atoms with Crippen LogP contribution in [0.1, 0.15) is 38.2 Å². The van der Waals surface area contributed by atoms with E-state index in [9.17, 15) is 26.7 Å². The summed E-state index contributed by atoms with van der Waals surface area (Å²) in [5, 5.41) is 12.8. The van der Waals surface area contributed by atoms with E-state index in [1.807, 2.05) is 6.92 Å². The van der Waals surface area contributed by atoms with Gasteiger partial charge in [-0.05, 0) is 49.4 Å². The lowest BCUT2D eigenvalue weighted by Gasteiger charge is -2.33. The van der Waals surface area contributed by atoms with Crippen LogP contribution in [0.2, 0.25) is 0 Å². The Morgan fingerprint density at radius 2 is 1.94 bits per heavy atom. The number of hydrogen-bond donors (Lipinski definition) is 3. The molecular weight excluding hydrogens is 506 g/mol. The molecule has 3 rings (SSSR count). The third-order valence-corrected chi connectivity index (χ3v) is 10.1. The largest absolute Gasteiger partial charge is 0.392 e. The molecule has 36 heavy (non-hydrogen) atoms. The van der Waals surface area contributed by atoms with Crippen molar-refractivity contribution in [3.63, 3.8) is 0 Å². The van der Waals surface area contributed by atoms with Gasteiger partial charge in [-0.1, -0.05) is 24.3 Å². The first-order chi connectivity index (χ1) is 17.0. The number of fused-ring (bicyclic) bond motifs is 1. The molecule has 0 amide bonds. The fourth-order valence-electron chi connectivity index (χ4n) is 4.53. The Balaban J connectivity index is 2.19. The highest BCUT2D eigenvalue weighted by molar-refractivity contribution is 7.93. The van der Waals surface area contributed by atoms with Crippen LogP contribution in [0.25, 0.3) is 10.8 Å². The topological polar surface area (TPSA) is 176 Å². The Bertz CT molecular complexity index is 1340. The monoisotopic (exact) mass is 539 g/mol. The minimum Gasteiger partial charge on any atom is -0.392 e. The Kier molecular flexibility index (Phi) is 9.06. The molecule has 1 heterocycles. The van der Waals surface area contributed by atoms with Gasteiger partial charge in [0.05, 0.1) is 23.8 Å². The average molecular weight is 540 g/mol. The Hall–Kier alpha value is -2.58. The van der Waals surface area contributed by atoms with E-state index >= 15 is 0 Å². The summed E-state index contributed by atoms with van der Waals surface area (Å²) in [5.41, 5.74) is 10.6. The van der Waals surface area contributed by atoms with Crippen molar-refractivity contribution in [2.75, 3.05) is 25.4 Å². The van der Waals surface area contributed by atoms with Crippen molar-refractivity contribution in [1.82, 2.24) is 9.42 Å². The molecule has 13 heteroatoms. The van der Waals surface area contributed by atoms with Gasteiger partial charge in [0.25, 0.3) is 10.0 Å². The standard InChI is InChI=1S/C23H33N5O6S2/c1-17-7-6-11-27(17)28(12-13-29)36(33,34)22-20(16-30)19-9-3-2-8-18(19)15-21(22)35(31,32)14-5-4-10-26-23(24)25/h2-3,8-9,13,15,17,30H,4-7,10-12,14,16H2,1H3,(H4,24,25,26). The van der Waals surface area contributed by atoms with Gasteiger partial charge in [-0.2, -0.15) is 0 Å². The average Bonchev–Trinajstić information content (AvgIpc) is 3.25. The number of aldehydes is 1. The van der Waals surface area contributed by atoms with Crippen LogP contribution >= 0.6 is 0 Å². The second kappa shape index (κ2) is 11.6. The lowest BCUT2D eigenvalue weighted by atomic mass is 10.1. The maximum Gasteiger partial charge on any atom is 0.258 e. The first-order valence-electron chi connectivity index (χ1n) is 11.7. The molecule has 198 valence electrons. The molecule has 0 saturated carbocycles. The number of carbonyl (C=O) groups excluding carboxylic acids is 1. The number of aliphatic hydroxyl groups excluding tert-OH is 1. The molecular formula is C23H33N5O6S2. The molecule has 1 aliphatic heterocycles. The summed E-state index contributed by atoms with van der Waals surface area (Å²) in [4.78, 5) is 14.5. The van der Waals surface area contributed by atoms with E-state index in [4.69, 9.17) is 11.5 Å². The quantitative estimate of drug-likeness (QED) is 0.152. The number of rotatable bonds is 12. The van der Waals surface area contributed by atoms with Crippen molar-refractivity contribution in [2.45, 2.75) is 55.0 Å². The Morgan fingerprint density at radius 3 is 2.56 bits per heavy atom. The number of aliphatic hydroxyl groups is 1. The van der Waals surface area contributed by atoms with Gasteiger partial charge in [0.2, 0.25) is 0 Å². The molecule has 1 atom stereocenters. The molecule has 0 bridgehead atoms.